The molecule has 1 saturated carbocycles. The van der Waals surface area contributed by atoms with Crippen molar-refractivity contribution >= 4 is 23.6 Å². The predicted molar refractivity (Wildman–Crippen MR) is 93.0 cm³/mol. The van der Waals surface area contributed by atoms with E-state index in [4.69, 9.17) is 5.73 Å². The van der Waals surface area contributed by atoms with E-state index in [0.29, 0.717) is 12.3 Å². The van der Waals surface area contributed by atoms with Crippen molar-refractivity contribution in [1.29, 1.82) is 0 Å². The molecule has 1 fully saturated rings. The highest BCUT2D eigenvalue weighted by Gasteiger charge is 2.41. The minimum Gasteiger partial charge on any atom is -0.480 e. The van der Waals surface area contributed by atoms with Crippen LogP contribution in [0.3, 0.4) is 0 Å². The quantitative estimate of drug-likeness (QED) is 0.426. The van der Waals surface area contributed by atoms with Crippen molar-refractivity contribution in [2.24, 2.45) is 11.7 Å². The summed E-state index contributed by atoms with van der Waals surface area (Å²) in [5.74, 6) is -1.13. The first-order chi connectivity index (χ1) is 11.3. The number of nitrogens with one attached hydrogen (secondary N) is 2. The molecule has 1 aliphatic carbocycles. The number of carbonyl (C=O) groups is 2. The van der Waals surface area contributed by atoms with Crippen molar-refractivity contribution in [1.82, 2.24) is 10.9 Å². The third kappa shape index (κ3) is 4.72. The molecule has 1 heterocycles. The maximum atomic E-state index is 12.1. The molecule has 8 heteroatoms. The Bertz CT molecular complexity index is 496. The second-order valence-corrected chi connectivity index (χ2v) is 7.92. The molecule has 0 saturated heterocycles. The zero-order valence-corrected chi connectivity index (χ0v) is 14.7. The number of carboxylic acid groups (broad SMARTS) is 1. The number of thioether (sulfide) groups is 1. The van der Waals surface area contributed by atoms with E-state index in [1.807, 2.05) is 0 Å². The van der Waals surface area contributed by atoms with Crippen LogP contribution in [0, 0.1) is 5.92 Å². The molecular weight excluding hydrogens is 330 g/mol. The van der Waals surface area contributed by atoms with Gasteiger partial charge in [0.25, 0.3) is 5.91 Å². The van der Waals surface area contributed by atoms with Crippen molar-refractivity contribution in [3.05, 3.63) is 11.5 Å². The van der Waals surface area contributed by atoms with Gasteiger partial charge in [-0.05, 0) is 24.7 Å². The molecule has 2 aliphatic rings. The summed E-state index contributed by atoms with van der Waals surface area (Å²) in [6.45, 7) is 1.68. The first-order valence-corrected chi connectivity index (χ1v) is 9.34. The van der Waals surface area contributed by atoms with Gasteiger partial charge in [-0.2, -0.15) is 0 Å². The summed E-state index contributed by atoms with van der Waals surface area (Å²) in [5.41, 5.74) is 10.2. The van der Waals surface area contributed by atoms with Gasteiger partial charge >= 0.3 is 5.97 Å². The van der Waals surface area contributed by atoms with E-state index < -0.39 is 34.8 Å². The number of carboxylic acids is 1. The summed E-state index contributed by atoms with van der Waals surface area (Å²) in [6, 6.07) is -0.619. The van der Waals surface area contributed by atoms with Crippen LogP contribution < -0.4 is 16.6 Å². The maximum absolute atomic E-state index is 12.1. The number of hydrogen-bond acceptors (Lipinski definition) is 6. The topological polar surface area (TPSA) is 125 Å². The molecule has 3 unspecified atom stereocenters. The minimum absolute atomic E-state index is 0.465. The molecule has 6 N–H and O–H groups in total. The van der Waals surface area contributed by atoms with Crippen LogP contribution in [0.15, 0.2) is 11.5 Å². The van der Waals surface area contributed by atoms with E-state index in [1.165, 1.54) is 31.0 Å². The molecule has 0 bridgehead atoms. The number of nitrogens with two attached hydrogens (primary N) is 1. The van der Waals surface area contributed by atoms with Crippen molar-refractivity contribution in [3.8, 4) is 0 Å². The molecule has 136 valence electrons. The van der Waals surface area contributed by atoms with Gasteiger partial charge in [0, 0.05) is 6.04 Å². The molecule has 24 heavy (non-hydrogen) atoms. The third-order valence-electron chi connectivity index (χ3n) is 4.86. The Morgan fingerprint density at radius 3 is 2.67 bits per heavy atom. The van der Waals surface area contributed by atoms with E-state index in [0.717, 1.165) is 12.8 Å². The highest BCUT2D eigenvalue weighted by atomic mass is 32.2. The van der Waals surface area contributed by atoms with Gasteiger partial charge in [-0.1, -0.05) is 38.2 Å². The molecule has 0 spiro atoms. The van der Waals surface area contributed by atoms with Crippen LogP contribution in [0.25, 0.3) is 0 Å². The van der Waals surface area contributed by atoms with E-state index in [1.54, 1.807) is 18.4 Å². The van der Waals surface area contributed by atoms with Crippen LogP contribution in [-0.4, -0.2) is 45.0 Å². The number of aliphatic carboxylic acids is 1. The molecule has 0 aromatic heterocycles. The number of amides is 1. The van der Waals surface area contributed by atoms with Crippen LogP contribution in [-0.2, 0) is 9.59 Å². The van der Waals surface area contributed by atoms with Gasteiger partial charge in [-0.25, -0.2) is 5.43 Å². The van der Waals surface area contributed by atoms with Crippen molar-refractivity contribution in [2.75, 3.05) is 0 Å². The first-order valence-electron chi connectivity index (χ1n) is 8.40. The van der Waals surface area contributed by atoms with E-state index in [9.17, 15) is 19.8 Å². The van der Waals surface area contributed by atoms with Gasteiger partial charge in [-0.3, -0.25) is 15.0 Å². The van der Waals surface area contributed by atoms with E-state index in [-0.39, 0.29) is 0 Å². The molecule has 4 atom stereocenters. The second kappa shape index (κ2) is 8.33. The lowest BCUT2D eigenvalue weighted by Crippen LogP contribution is -2.60. The van der Waals surface area contributed by atoms with Crippen LogP contribution in [0.5, 0.6) is 0 Å². The Labute approximate surface area is 146 Å². The number of hydrazine groups is 1. The molecule has 2 rings (SSSR count). The Morgan fingerprint density at radius 2 is 2.04 bits per heavy atom. The Kier molecular flexibility index (Phi) is 6.68. The SMILES string of the molecule is CC1(NNC(=O)C(O)[C@H](N)CC2CCCCC2)C=CSC1C(=O)O. The highest BCUT2D eigenvalue weighted by molar-refractivity contribution is 8.03. The first kappa shape index (κ1) is 19.2. The fourth-order valence-corrected chi connectivity index (χ4v) is 4.37. The average Bonchev–Trinajstić information content (AvgIpc) is 2.95. The zero-order valence-electron chi connectivity index (χ0n) is 13.9. The summed E-state index contributed by atoms with van der Waals surface area (Å²) < 4.78 is 0. The largest absolute Gasteiger partial charge is 0.480 e. The molecule has 1 amide bonds. The van der Waals surface area contributed by atoms with Crippen LogP contribution in [0.1, 0.15) is 45.4 Å². The monoisotopic (exact) mass is 357 g/mol. The normalized spacial score (nSPS) is 30.0. The van der Waals surface area contributed by atoms with Gasteiger partial charge in [0.05, 0.1) is 5.54 Å². The molecule has 0 aromatic carbocycles. The maximum Gasteiger partial charge on any atom is 0.319 e. The smallest absolute Gasteiger partial charge is 0.319 e. The summed E-state index contributed by atoms with van der Waals surface area (Å²) in [6.07, 6.45) is 6.80. The molecular formula is C16H27N3O4S. The van der Waals surface area contributed by atoms with Crippen LogP contribution in [0.2, 0.25) is 0 Å². The van der Waals surface area contributed by atoms with Gasteiger partial charge in [0.1, 0.15) is 11.4 Å². The predicted octanol–water partition coefficient (Wildman–Crippen LogP) is 0.738. The van der Waals surface area contributed by atoms with Gasteiger partial charge in [0.15, 0.2) is 0 Å². The van der Waals surface area contributed by atoms with Gasteiger partial charge < -0.3 is 15.9 Å². The second-order valence-electron chi connectivity index (χ2n) is 6.90. The molecule has 0 radical (unpaired) electrons. The molecule has 7 nitrogen and oxygen atoms in total. The standard InChI is InChI=1S/C16H27N3O4S/c1-16(7-8-24-13(16)15(22)23)19-18-14(21)12(20)11(17)9-10-5-3-2-4-6-10/h7-8,10-13,19-20H,2-6,9,17H2,1H3,(H,18,21)(H,22,23)/t11-,12?,13?,16?/m1/s1. The van der Waals surface area contributed by atoms with E-state index >= 15 is 0 Å². The van der Waals surface area contributed by atoms with Gasteiger partial charge in [-0.15, -0.1) is 11.8 Å². The number of hydrogen-bond donors (Lipinski definition) is 5. The molecule has 0 aromatic rings. The van der Waals surface area contributed by atoms with Crippen molar-refractivity contribution in [3.63, 3.8) is 0 Å². The average molecular weight is 357 g/mol. The Balaban J connectivity index is 1.82. The van der Waals surface area contributed by atoms with E-state index in [2.05, 4.69) is 10.9 Å². The lowest BCUT2D eigenvalue weighted by Gasteiger charge is -2.30. The summed E-state index contributed by atoms with van der Waals surface area (Å²) >= 11 is 1.17. The number of aliphatic hydroxyl groups is 1. The fraction of sp³-hybridized carbons (Fsp3) is 0.750. The third-order valence-corrected chi connectivity index (χ3v) is 6.11. The lowest BCUT2D eigenvalue weighted by molar-refractivity contribution is -0.138. The number of carbonyl (C=O) groups excluding carboxylic acids is 1. The van der Waals surface area contributed by atoms with Crippen LogP contribution in [0.4, 0.5) is 0 Å². The summed E-state index contributed by atoms with van der Waals surface area (Å²) in [7, 11) is 0. The fourth-order valence-electron chi connectivity index (χ4n) is 3.31. The lowest BCUT2D eigenvalue weighted by atomic mass is 9.84. The molecule has 1 aliphatic heterocycles. The van der Waals surface area contributed by atoms with Crippen molar-refractivity contribution in [2.45, 2.75) is 68.4 Å². The Morgan fingerprint density at radius 1 is 1.38 bits per heavy atom. The minimum atomic E-state index is -1.32. The zero-order chi connectivity index (χ0) is 17.7. The van der Waals surface area contributed by atoms with Crippen LogP contribution >= 0.6 is 11.8 Å². The summed E-state index contributed by atoms with van der Waals surface area (Å²) in [5, 5.41) is 20.3. The number of aliphatic hydroxyl groups excluding tert-OH is 1. The summed E-state index contributed by atoms with van der Waals surface area (Å²) in [4.78, 5) is 23.4. The van der Waals surface area contributed by atoms with Crippen molar-refractivity contribution < 1.29 is 19.8 Å². The number of rotatable bonds is 7. The van der Waals surface area contributed by atoms with Gasteiger partial charge in [0.2, 0.25) is 0 Å². The Hall–Kier alpha value is -1.09. The highest BCUT2D eigenvalue weighted by Crippen LogP contribution is 2.33.